The van der Waals surface area contributed by atoms with E-state index in [4.69, 9.17) is 17.0 Å². The summed E-state index contributed by atoms with van der Waals surface area (Å²) in [7, 11) is 3.65. The minimum atomic E-state index is 0.650. The number of piperazine rings is 1. The van der Waals surface area contributed by atoms with Gasteiger partial charge >= 0.3 is 0 Å². The Bertz CT molecular complexity index is 672. The van der Waals surface area contributed by atoms with Crippen LogP contribution in [0.3, 0.4) is 0 Å². The van der Waals surface area contributed by atoms with Crippen molar-refractivity contribution in [1.29, 1.82) is 0 Å². The SMILES string of the molecule is COc1ccccc1N1CCN(c2n[nH]c(=S)n2C)CC1. The Morgan fingerprint density at radius 1 is 1.14 bits per heavy atom. The van der Waals surface area contributed by atoms with Gasteiger partial charge in [-0.25, -0.2) is 5.10 Å². The van der Waals surface area contributed by atoms with Crippen LogP contribution in [0.4, 0.5) is 11.6 Å². The molecule has 0 spiro atoms. The molecule has 112 valence electrons. The van der Waals surface area contributed by atoms with E-state index in [0.29, 0.717) is 4.77 Å². The van der Waals surface area contributed by atoms with Crippen LogP contribution >= 0.6 is 12.2 Å². The number of nitrogens with one attached hydrogen (secondary N) is 1. The number of aromatic amines is 1. The van der Waals surface area contributed by atoms with Crippen LogP contribution in [0.15, 0.2) is 24.3 Å². The Hall–Kier alpha value is -2.02. The van der Waals surface area contributed by atoms with Crippen LogP contribution in [-0.2, 0) is 7.05 Å². The van der Waals surface area contributed by atoms with E-state index < -0.39 is 0 Å². The summed E-state index contributed by atoms with van der Waals surface area (Å²) in [6.45, 7) is 3.68. The highest BCUT2D eigenvalue weighted by Crippen LogP contribution is 2.28. The van der Waals surface area contributed by atoms with E-state index in [1.807, 2.05) is 29.8 Å². The average Bonchev–Trinajstić information content (AvgIpc) is 2.87. The molecule has 3 rings (SSSR count). The van der Waals surface area contributed by atoms with Crippen molar-refractivity contribution < 1.29 is 4.74 Å². The van der Waals surface area contributed by atoms with Crippen molar-refractivity contribution in [2.24, 2.45) is 7.05 Å². The normalized spacial score (nSPS) is 15.3. The topological polar surface area (TPSA) is 49.3 Å². The van der Waals surface area contributed by atoms with Crippen molar-refractivity contribution in [3.05, 3.63) is 29.0 Å². The number of anilines is 2. The zero-order chi connectivity index (χ0) is 14.8. The Labute approximate surface area is 128 Å². The molecule has 1 aliphatic heterocycles. The molecule has 0 amide bonds. The second kappa shape index (κ2) is 5.77. The number of ether oxygens (including phenoxy) is 1. The van der Waals surface area contributed by atoms with E-state index in [0.717, 1.165) is 43.6 Å². The highest BCUT2D eigenvalue weighted by molar-refractivity contribution is 7.71. The van der Waals surface area contributed by atoms with E-state index in [-0.39, 0.29) is 0 Å². The van der Waals surface area contributed by atoms with Crippen molar-refractivity contribution in [3.63, 3.8) is 0 Å². The Morgan fingerprint density at radius 3 is 2.43 bits per heavy atom. The molecule has 1 aromatic carbocycles. The molecule has 2 aromatic rings. The first-order valence-corrected chi connectivity index (χ1v) is 7.36. The lowest BCUT2D eigenvalue weighted by molar-refractivity contribution is 0.413. The summed E-state index contributed by atoms with van der Waals surface area (Å²) in [6.07, 6.45) is 0. The van der Waals surface area contributed by atoms with Crippen molar-refractivity contribution >= 4 is 23.9 Å². The molecular formula is C14H19N5OS. The zero-order valence-electron chi connectivity index (χ0n) is 12.2. The molecule has 1 saturated heterocycles. The van der Waals surface area contributed by atoms with Crippen molar-refractivity contribution in [1.82, 2.24) is 14.8 Å². The number of H-pyrrole nitrogens is 1. The maximum Gasteiger partial charge on any atom is 0.225 e. The molecule has 1 N–H and O–H groups in total. The average molecular weight is 305 g/mol. The fourth-order valence-electron chi connectivity index (χ4n) is 2.66. The third-order valence-corrected chi connectivity index (χ3v) is 4.21. The van der Waals surface area contributed by atoms with Crippen molar-refractivity contribution in [2.75, 3.05) is 43.1 Å². The summed E-state index contributed by atoms with van der Waals surface area (Å²) in [4.78, 5) is 4.59. The molecule has 7 heteroatoms. The smallest absolute Gasteiger partial charge is 0.225 e. The molecule has 2 heterocycles. The third kappa shape index (κ3) is 2.61. The first kappa shape index (κ1) is 13.9. The first-order valence-electron chi connectivity index (χ1n) is 6.95. The highest BCUT2D eigenvalue weighted by Gasteiger charge is 2.22. The first-order chi connectivity index (χ1) is 10.2. The number of benzene rings is 1. The van der Waals surface area contributed by atoms with Gasteiger partial charge in [-0.1, -0.05) is 12.1 Å². The summed E-state index contributed by atoms with van der Waals surface area (Å²) in [5.74, 6) is 1.82. The van der Waals surface area contributed by atoms with Gasteiger partial charge in [0, 0.05) is 33.2 Å². The third-order valence-electron chi connectivity index (χ3n) is 3.84. The Kier molecular flexibility index (Phi) is 3.83. The second-order valence-corrected chi connectivity index (χ2v) is 5.42. The fourth-order valence-corrected chi connectivity index (χ4v) is 2.79. The summed E-state index contributed by atoms with van der Waals surface area (Å²) in [6, 6.07) is 8.14. The summed E-state index contributed by atoms with van der Waals surface area (Å²) in [5, 5.41) is 7.13. The number of para-hydroxylation sites is 2. The van der Waals surface area contributed by atoms with Crippen LogP contribution in [0.2, 0.25) is 0 Å². The lowest BCUT2D eigenvalue weighted by Crippen LogP contribution is -2.47. The molecule has 6 nitrogen and oxygen atoms in total. The lowest BCUT2D eigenvalue weighted by Gasteiger charge is -2.36. The molecule has 0 unspecified atom stereocenters. The monoisotopic (exact) mass is 305 g/mol. The van der Waals surface area contributed by atoms with Crippen molar-refractivity contribution in [3.8, 4) is 5.75 Å². The molecule has 0 saturated carbocycles. The van der Waals surface area contributed by atoms with Gasteiger partial charge in [0.1, 0.15) is 5.75 Å². The zero-order valence-corrected chi connectivity index (χ0v) is 13.1. The molecule has 0 bridgehead atoms. The summed E-state index contributed by atoms with van der Waals surface area (Å²) >= 11 is 5.17. The molecule has 0 atom stereocenters. The van der Waals surface area contributed by atoms with Gasteiger partial charge in [0.15, 0.2) is 4.77 Å². The minimum absolute atomic E-state index is 0.650. The van der Waals surface area contributed by atoms with Crippen LogP contribution in [0, 0.1) is 4.77 Å². The van der Waals surface area contributed by atoms with Gasteiger partial charge in [-0.2, -0.15) is 0 Å². The number of hydrogen-bond donors (Lipinski definition) is 1. The Morgan fingerprint density at radius 2 is 1.81 bits per heavy atom. The van der Waals surface area contributed by atoms with Crippen LogP contribution in [-0.4, -0.2) is 48.1 Å². The molecule has 21 heavy (non-hydrogen) atoms. The van der Waals surface area contributed by atoms with Gasteiger partial charge in [0.2, 0.25) is 5.95 Å². The predicted octanol–water partition coefficient (Wildman–Crippen LogP) is 1.81. The molecule has 1 aliphatic rings. The van der Waals surface area contributed by atoms with Gasteiger partial charge in [0.25, 0.3) is 0 Å². The largest absolute Gasteiger partial charge is 0.495 e. The Balaban J connectivity index is 1.73. The quantitative estimate of drug-likeness (QED) is 0.877. The molecule has 1 fully saturated rings. The number of hydrogen-bond acceptors (Lipinski definition) is 5. The lowest BCUT2D eigenvalue weighted by atomic mass is 10.2. The molecule has 0 radical (unpaired) electrons. The highest BCUT2D eigenvalue weighted by atomic mass is 32.1. The van der Waals surface area contributed by atoms with Crippen molar-refractivity contribution in [2.45, 2.75) is 0 Å². The minimum Gasteiger partial charge on any atom is -0.495 e. The van der Waals surface area contributed by atoms with Gasteiger partial charge < -0.3 is 14.5 Å². The van der Waals surface area contributed by atoms with E-state index in [1.54, 1.807) is 7.11 Å². The van der Waals surface area contributed by atoms with Gasteiger partial charge in [-0.05, 0) is 24.4 Å². The maximum absolute atomic E-state index is 5.44. The number of aromatic nitrogens is 3. The van der Waals surface area contributed by atoms with E-state index in [9.17, 15) is 0 Å². The van der Waals surface area contributed by atoms with E-state index >= 15 is 0 Å². The number of methoxy groups -OCH3 is 1. The fraction of sp³-hybridized carbons (Fsp3) is 0.429. The second-order valence-electron chi connectivity index (χ2n) is 5.03. The summed E-state index contributed by atoms with van der Waals surface area (Å²) < 4.78 is 8.00. The van der Waals surface area contributed by atoms with E-state index in [1.165, 1.54) is 0 Å². The standard InChI is InChI=1S/C14H19N5OS/c1-17-13(15-16-14(17)21)19-9-7-18(8-10-19)11-5-3-4-6-12(11)20-2/h3-6H,7-10H2,1-2H3,(H,16,21). The van der Waals surface area contributed by atoms with Crippen LogP contribution in [0.1, 0.15) is 0 Å². The predicted molar refractivity (Wildman–Crippen MR) is 85.8 cm³/mol. The number of rotatable bonds is 3. The van der Waals surface area contributed by atoms with Crippen LogP contribution in [0.25, 0.3) is 0 Å². The molecule has 0 aliphatic carbocycles. The van der Waals surface area contributed by atoms with E-state index in [2.05, 4.69) is 26.1 Å². The van der Waals surface area contributed by atoms with Gasteiger partial charge in [-0.15, -0.1) is 5.10 Å². The summed E-state index contributed by atoms with van der Waals surface area (Å²) in [5.41, 5.74) is 1.15. The van der Waals surface area contributed by atoms with Gasteiger partial charge in [-0.3, -0.25) is 4.57 Å². The van der Waals surface area contributed by atoms with Crippen LogP contribution < -0.4 is 14.5 Å². The van der Waals surface area contributed by atoms with Gasteiger partial charge in [0.05, 0.1) is 12.8 Å². The number of nitrogens with zero attached hydrogens (tertiary/aromatic N) is 4. The molecular weight excluding hydrogens is 286 g/mol. The maximum atomic E-state index is 5.44. The molecule has 1 aromatic heterocycles. The van der Waals surface area contributed by atoms with Crippen LogP contribution in [0.5, 0.6) is 5.75 Å².